The van der Waals surface area contributed by atoms with Crippen LogP contribution in [0.5, 0.6) is 5.75 Å². The lowest BCUT2D eigenvalue weighted by molar-refractivity contribution is -0.117. The van der Waals surface area contributed by atoms with Crippen LogP contribution < -0.4 is 10.1 Å². The minimum Gasteiger partial charge on any atom is -0.435 e. The molecule has 0 fully saturated rings. The number of nitriles is 1. The third-order valence-corrected chi connectivity index (χ3v) is 3.40. The lowest BCUT2D eigenvalue weighted by atomic mass is 10.1. The van der Waals surface area contributed by atoms with Crippen LogP contribution in [0.25, 0.3) is 6.08 Å². The summed E-state index contributed by atoms with van der Waals surface area (Å²) in [6.07, 6.45) is 1.36. The number of carbonyl (C=O) groups is 1. The van der Waals surface area contributed by atoms with Crippen LogP contribution in [0, 0.1) is 11.3 Å². The van der Waals surface area contributed by atoms with Gasteiger partial charge < -0.3 is 10.1 Å². The Kier molecular flexibility index (Phi) is 6.49. The zero-order valence-corrected chi connectivity index (χ0v) is 13.6. The number of hydrogen-bond donors (Lipinski definition) is 1. The van der Waals surface area contributed by atoms with E-state index in [1.807, 2.05) is 6.07 Å². The third-order valence-electron chi connectivity index (χ3n) is 3.15. The molecule has 7 heteroatoms. The van der Waals surface area contributed by atoms with Crippen LogP contribution in [0.15, 0.2) is 54.1 Å². The number of nitrogens with zero attached hydrogens (tertiary/aromatic N) is 1. The second-order valence-electron chi connectivity index (χ2n) is 4.93. The van der Waals surface area contributed by atoms with Crippen LogP contribution in [0.3, 0.4) is 0 Å². The molecule has 2 rings (SSSR count). The lowest BCUT2D eigenvalue weighted by Gasteiger charge is -2.06. The number of carbonyl (C=O) groups excluding carboxylic acids is 1. The lowest BCUT2D eigenvalue weighted by Crippen LogP contribution is -2.23. The first-order valence-electron chi connectivity index (χ1n) is 7.17. The number of halogens is 3. The number of ether oxygens (including phenoxy) is 1. The van der Waals surface area contributed by atoms with Gasteiger partial charge in [0.05, 0.1) is 0 Å². The zero-order valence-electron chi connectivity index (χ0n) is 12.9. The van der Waals surface area contributed by atoms with Gasteiger partial charge in [-0.3, -0.25) is 4.79 Å². The molecule has 25 heavy (non-hydrogen) atoms. The molecular formula is C18H13ClF2N2O2. The molecule has 1 amide bonds. The first-order valence-corrected chi connectivity index (χ1v) is 7.55. The average Bonchev–Trinajstić information content (AvgIpc) is 2.60. The van der Waals surface area contributed by atoms with Gasteiger partial charge in [0.15, 0.2) is 0 Å². The van der Waals surface area contributed by atoms with Crippen LogP contribution in [-0.2, 0) is 11.3 Å². The summed E-state index contributed by atoms with van der Waals surface area (Å²) < 4.78 is 28.4. The quantitative estimate of drug-likeness (QED) is 0.620. The number of hydrogen-bond acceptors (Lipinski definition) is 3. The van der Waals surface area contributed by atoms with Gasteiger partial charge in [0.2, 0.25) is 0 Å². The molecule has 0 saturated heterocycles. The van der Waals surface area contributed by atoms with Crippen molar-refractivity contribution in [1.82, 2.24) is 5.32 Å². The third kappa shape index (κ3) is 5.90. The summed E-state index contributed by atoms with van der Waals surface area (Å²) in [6, 6.07) is 14.4. The Hall–Kier alpha value is -2.91. The summed E-state index contributed by atoms with van der Waals surface area (Å²) in [7, 11) is 0. The van der Waals surface area contributed by atoms with E-state index in [4.69, 9.17) is 16.9 Å². The predicted octanol–water partition coefficient (Wildman–Crippen LogP) is 4.16. The highest BCUT2D eigenvalue weighted by molar-refractivity contribution is 6.30. The maximum Gasteiger partial charge on any atom is 0.387 e. The molecule has 0 aliphatic carbocycles. The summed E-state index contributed by atoms with van der Waals surface area (Å²) in [5, 5.41) is 12.4. The normalized spacial score (nSPS) is 11.1. The zero-order chi connectivity index (χ0) is 18.2. The standard InChI is InChI=1S/C18H13ClF2N2O2/c19-15-5-1-13(2-6-15)11-23-17(24)14(10-22)9-12-3-7-16(8-4-12)25-18(20)21/h1-9,18H,11H2,(H,23,24). The Morgan fingerprint density at radius 3 is 2.40 bits per heavy atom. The van der Waals surface area contributed by atoms with Crippen molar-refractivity contribution in [3.63, 3.8) is 0 Å². The highest BCUT2D eigenvalue weighted by atomic mass is 35.5. The molecule has 0 aliphatic heterocycles. The largest absolute Gasteiger partial charge is 0.435 e. The number of rotatable bonds is 6. The Morgan fingerprint density at radius 1 is 1.20 bits per heavy atom. The summed E-state index contributed by atoms with van der Waals surface area (Å²) in [6.45, 7) is -2.66. The number of benzene rings is 2. The van der Waals surface area contributed by atoms with Gasteiger partial charge in [0.1, 0.15) is 17.4 Å². The number of amides is 1. The second kappa shape index (κ2) is 8.81. The molecule has 0 atom stereocenters. The molecule has 2 aromatic rings. The maximum absolute atomic E-state index is 12.1. The van der Waals surface area contributed by atoms with E-state index in [1.54, 1.807) is 24.3 Å². The molecule has 0 saturated carbocycles. The van der Waals surface area contributed by atoms with Crippen molar-refractivity contribution in [3.8, 4) is 11.8 Å². The van der Waals surface area contributed by atoms with E-state index in [-0.39, 0.29) is 17.9 Å². The Morgan fingerprint density at radius 2 is 1.84 bits per heavy atom. The van der Waals surface area contributed by atoms with E-state index in [1.165, 1.54) is 30.3 Å². The van der Waals surface area contributed by atoms with Gasteiger partial charge in [-0.25, -0.2) is 0 Å². The van der Waals surface area contributed by atoms with E-state index in [9.17, 15) is 13.6 Å². The van der Waals surface area contributed by atoms with Crippen molar-refractivity contribution in [2.24, 2.45) is 0 Å². The monoisotopic (exact) mass is 362 g/mol. The molecule has 4 nitrogen and oxygen atoms in total. The highest BCUT2D eigenvalue weighted by Crippen LogP contribution is 2.17. The van der Waals surface area contributed by atoms with Crippen molar-refractivity contribution in [3.05, 3.63) is 70.3 Å². The van der Waals surface area contributed by atoms with E-state index in [0.29, 0.717) is 10.6 Å². The van der Waals surface area contributed by atoms with Crippen molar-refractivity contribution in [1.29, 1.82) is 5.26 Å². The minimum absolute atomic E-state index is 0.00199. The van der Waals surface area contributed by atoms with Gasteiger partial charge in [-0.2, -0.15) is 14.0 Å². The SMILES string of the molecule is N#CC(=Cc1ccc(OC(F)F)cc1)C(=O)NCc1ccc(Cl)cc1. The first-order chi connectivity index (χ1) is 12.0. The second-order valence-corrected chi connectivity index (χ2v) is 5.36. The van der Waals surface area contributed by atoms with Gasteiger partial charge in [0, 0.05) is 11.6 Å². The van der Waals surface area contributed by atoms with Crippen molar-refractivity contribution >= 4 is 23.6 Å². The number of nitrogens with one attached hydrogen (secondary N) is 1. The van der Waals surface area contributed by atoms with Crippen molar-refractivity contribution in [2.75, 3.05) is 0 Å². The Balaban J connectivity index is 2.02. The summed E-state index contributed by atoms with van der Waals surface area (Å²) >= 11 is 5.79. The van der Waals surface area contributed by atoms with Gasteiger partial charge >= 0.3 is 6.61 Å². The molecule has 2 aromatic carbocycles. The van der Waals surface area contributed by atoms with Crippen LogP contribution in [-0.4, -0.2) is 12.5 Å². The molecule has 0 aromatic heterocycles. The Labute approximate surface area is 148 Å². The molecule has 0 aliphatic rings. The fourth-order valence-corrected chi connectivity index (χ4v) is 2.07. The molecule has 0 bridgehead atoms. The summed E-state index contributed by atoms with van der Waals surface area (Å²) in [5.41, 5.74) is 1.25. The van der Waals surface area contributed by atoms with Gasteiger partial charge in [0.25, 0.3) is 5.91 Å². The summed E-state index contributed by atoms with van der Waals surface area (Å²) in [5.74, 6) is -0.539. The Bertz CT molecular complexity index is 797. The minimum atomic E-state index is -2.91. The molecule has 0 spiro atoms. The topological polar surface area (TPSA) is 62.1 Å². The first kappa shape index (κ1) is 18.4. The van der Waals surface area contributed by atoms with E-state index in [2.05, 4.69) is 10.1 Å². The molecular weight excluding hydrogens is 350 g/mol. The highest BCUT2D eigenvalue weighted by Gasteiger charge is 2.09. The van der Waals surface area contributed by atoms with Crippen LogP contribution in [0.4, 0.5) is 8.78 Å². The molecule has 0 radical (unpaired) electrons. The van der Waals surface area contributed by atoms with Crippen molar-refractivity contribution in [2.45, 2.75) is 13.2 Å². The fourth-order valence-electron chi connectivity index (χ4n) is 1.94. The molecule has 0 unspecified atom stereocenters. The van der Waals surface area contributed by atoms with Gasteiger partial charge in [-0.15, -0.1) is 0 Å². The van der Waals surface area contributed by atoms with Crippen molar-refractivity contribution < 1.29 is 18.3 Å². The number of alkyl halides is 2. The van der Waals surface area contributed by atoms with Crippen LogP contribution >= 0.6 is 11.6 Å². The average molecular weight is 363 g/mol. The molecule has 128 valence electrons. The molecule has 0 heterocycles. The van der Waals surface area contributed by atoms with Gasteiger partial charge in [-0.05, 0) is 41.5 Å². The van der Waals surface area contributed by atoms with E-state index >= 15 is 0 Å². The predicted molar refractivity (Wildman–Crippen MR) is 90.0 cm³/mol. The maximum atomic E-state index is 12.1. The smallest absolute Gasteiger partial charge is 0.387 e. The van der Waals surface area contributed by atoms with Crippen LogP contribution in [0.2, 0.25) is 5.02 Å². The summed E-state index contributed by atoms with van der Waals surface area (Å²) in [4.78, 5) is 12.1. The van der Waals surface area contributed by atoms with Gasteiger partial charge in [-0.1, -0.05) is 35.9 Å². The van der Waals surface area contributed by atoms with E-state index in [0.717, 1.165) is 5.56 Å². The van der Waals surface area contributed by atoms with E-state index < -0.39 is 12.5 Å². The molecule has 1 N–H and O–H groups in total. The van der Waals surface area contributed by atoms with Crippen LogP contribution in [0.1, 0.15) is 11.1 Å². The fraction of sp³-hybridized carbons (Fsp3) is 0.111.